The molecule has 23 heavy (non-hydrogen) atoms. The molecular weight excluding hydrogens is 311 g/mol. The fourth-order valence-corrected chi connectivity index (χ4v) is 4.80. The Morgan fingerprint density at radius 1 is 1.30 bits per heavy atom. The van der Waals surface area contributed by atoms with Crippen LogP contribution in [0.5, 0.6) is 0 Å². The van der Waals surface area contributed by atoms with E-state index in [1.807, 2.05) is 17.8 Å². The van der Waals surface area contributed by atoms with Gasteiger partial charge in [-0.3, -0.25) is 4.90 Å². The zero-order chi connectivity index (χ0) is 16.1. The molecule has 2 N–H and O–H groups in total. The molecule has 0 amide bonds. The summed E-state index contributed by atoms with van der Waals surface area (Å²) in [7, 11) is 0. The zero-order valence-corrected chi connectivity index (χ0v) is 14.5. The molecular formula is C18H27FN2OS. The van der Waals surface area contributed by atoms with Gasteiger partial charge in [-0.15, -0.1) is 11.8 Å². The lowest BCUT2D eigenvalue weighted by atomic mass is 10.0. The fraction of sp³-hybridized carbons (Fsp3) is 0.667. The van der Waals surface area contributed by atoms with E-state index < -0.39 is 0 Å². The third kappa shape index (κ3) is 4.47. The van der Waals surface area contributed by atoms with Crippen LogP contribution >= 0.6 is 11.8 Å². The number of nitrogens with one attached hydrogen (secondary N) is 1. The molecule has 2 unspecified atom stereocenters. The molecule has 2 aliphatic heterocycles. The van der Waals surface area contributed by atoms with E-state index in [4.69, 9.17) is 0 Å². The average molecular weight is 338 g/mol. The number of benzene rings is 1. The SMILES string of the molecule is OCC1CCCN1CCCCNC1CCSc2ccc(F)cc21. The van der Waals surface area contributed by atoms with E-state index in [0.717, 1.165) is 56.6 Å². The molecule has 1 aromatic rings. The van der Waals surface area contributed by atoms with Crippen LogP contribution in [0.3, 0.4) is 0 Å². The quantitative estimate of drug-likeness (QED) is 0.749. The van der Waals surface area contributed by atoms with Crippen molar-refractivity contribution in [2.75, 3.05) is 32.0 Å². The first-order valence-electron chi connectivity index (χ1n) is 8.78. The van der Waals surface area contributed by atoms with E-state index in [1.165, 1.54) is 11.3 Å². The predicted molar refractivity (Wildman–Crippen MR) is 93.4 cm³/mol. The van der Waals surface area contributed by atoms with Gasteiger partial charge in [0, 0.05) is 17.0 Å². The van der Waals surface area contributed by atoms with Crippen molar-refractivity contribution in [2.24, 2.45) is 0 Å². The van der Waals surface area contributed by atoms with Gasteiger partial charge in [-0.25, -0.2) is 4.39 Å². The first kappa shape index (κ1) is 17.2. The largest absolute Gasteiger partial charge is 0.395 e. The van der Waals surface area contributed by atoms with E-state index in [9.17, 15) is 9.50 Å². The number of hydrogen-bond donors (Lipinski definition) is 2. The number of rotatable bonds is 7. The minimum absolute atomic E-state index is 0.137. The van der Waals surface area contributed by atoms with Crippen molar-refractivity contribution in [2.45, 2.75) is 49.1 Å². The highest BCUT2D eigenvalue weighted by Crippen LogP contribution is 2.36. The number of thioether (sulfide) groups is 1. The first-order valence-corrected chi connectivity index (χ1v) is 9.77. The Bertz CT molecular complexity index is 514. The van der Waals surface area contributed by atoms with Gasteiger partial charge in [-0.05, 0) is 81.3 Å². The normalized spacial score (nSPS) is 24.8. The maximum Gasteiger partial charge on any atom is 0.123 e. The smallest absolute Gasteiger partial charge is 0.123 e. The molecule has 0 aromatic heterocycles. The molecule has 0 saturated carbocycles. The highest BCUT2D eigenvalue weighted by Gasteiger charge is 2.23. The number of aliphatic hydroxyl groups is 1. The second kappa shape index (κ2) is 8.47. The summed E-state index contributed by atoms with van der Waals surface area (Å²) >= 11 is 1.83. The third-order valence-corrected chi connectivity index (χ3v) is 6.11. The van der Waals surface area contributed by atoms with Crippen LogP contribution in [0.25, 0.3) is 0 Å². The lowest BCUT2D eigenvalue weighted by Gasteiger charge is -2.26. The van der Waals surface area contributed by atoms with E-state index in [1.54, 1.807) is 12.1 Å². The lowest BCUT2D eigenvalue weighted by molar-refractivity contribution is 0.157. The van der Waals surface area contributed by atoms with Crippen LogP contribution < -0.4 is 5.32 Å². The maximum absolute atomic E-state index is 13.5. The van der Waals surface area contributed by atoms with Gasteiger partial charge in [0.05, 0.1) is 6.61 Å². The molecule has 5 heteroatoms. The molecule has 1 fully saturated rings. The van der Waals surface area contributed by atoms with Crippen molar-refractivity contribution in [3.05, 3.63) is 29.6 Å². The van der Waals surface area contributed by atoms with E-state index in [-0.39, 0.29) is 5.82 Å². The van der Waals surface area contributed by atoms with E-state index >= 15 is 0 Å². The lowest BCUT2D eigenvalue weighted by Crippen LogP contribution is -2.33. The molecule has 0 spiro atoms. The van der Waals surface area contributed by atoms with Crippen molar-refractivity contribution in [3.8, 4) is 0 Å². The number of nitrogens with zero attached hydrogens (tertiary/aromatic N) is 1. The highest BCUT2D eigenvalue weighted by atomic mass is 32.2. The van der Waals surface area contributed by atoms with Crippen LogP contribution in [0.4, 0.5) is 4.39 Å². The predicted octanol–water partition coefficient (Wildman–Crippen LogP) is 3.19. The molecule has 2 heterocycles. The van der Waals surface area contributed by atoms with Crippen LogP contribution in [-0.2, 0) is 0 Å². The Labute approximate surface area is 142 Å². The Balaban J connectivity index is 1.41. The molecule has 0 radical (unpaired) electrons. The molecule has 3 nitrogen and oxygen atoms in total. The summed E-state index contributed by atoms with van der Waals surface area (Å²) in [5.41, 5.74) is 1.13. The third-order valence-electron chi connectivity index (χ3n) is 4.98. The van der Waals surface area contributed by atoms with E-state index in [2.05, 4.69) is 10.2 Å². The second-order valence-electron chi connectivity index (χ2n) is 6.55. The fourth-order valence-electron chi connectivity index (χ4n) is 3.69. The molecule has 2 aliphatic rings. The molecule has 1 saturated heterocycles. The van der Waals surface area contributed by atoms with Crippen molar-refractivity contribution in [1.82, 2.24) is 10.2 Å². The minimum Gasteiger partial charge on any atom is -0.395 e. The van der Waals surface area contributed by atoms with Crippen LogP contribution in [0.2, 0.25) is 0 Å². The Hall–Kier alpha value is -0.620. The summed E-state index contributed by atoms with van der Waals surface area (Å²) < 4.78 is 13.5. The zero-order valence-electron chi connectivity index (χ0n) is 13.6. The molecule has 0 bridgehead atoms. The second-order valence-corrected chi connectivity index (χ2v) is 7.68. The van der Waals surface area contributed by atoms with Gasteiger partial charge in [0.2, 0.25) is 0 Å². The molecule has 2 atom stereocenters. The number of hydrogen-bond acceptors (Lipinski definition) is 4. The summed E-state index contributed by atoms with van der Waals surface area (Å²) in [6.45, 7) is 3.48. The van der Waals surface area contributed by atoms with Gasteiger partial charge in [0.25, 0.3) is 0 Å². The van der Waals surface area contributed by atoms with Gasteiger partial charge < -0.3 is 10.4 Å². The number of fused-ring (bicyclic) bond motifs is 1. The molecule has 1 aromatic carbocycles. The van der Waals surface area contributed by atoms with Crippen LogP contribution in [0, 0.1) is 5.82 Å². The van der Waals surface area contributed by atoms with Gasteiger partial charge in [-0.1, -0.05) is 0 Å². The van der Waals surface area contributed by atoms with Crippen molar-refractivity contribution in [3.63, 3.8) is 0 Å². The van der Waals surface area contributed by atoms with Gasteiger partial charge in [0.15, 0.2) is 0 Å². The van der Waals surface area contributed by atoms with Gasteiger partial charge in [0.1, 0.15) is 5.82 Å². The minimum atomic E-state index is -0.137. The number of halogens is 1. The standard InChI is InChI=1S/C18H27FN2OS/c19-14-5-6-18-16(12-14)17(7-11-23-18)20-8-1-2-9-21-10-3-4-15(21)13-22/h5-6,12,15,17,20,22H,1-4,7-11,13H2. The monoisotopic (exact) mass is 338 g/mol. The summed E-state index contributed by atoms with van der Waals surface area (Å²) in [5.74, 6) is 0.963. The number of likely N-dealkylation sites (tertiary alicyclic amines) is 1. The van der Waals surface area contributed by atoms with Crippen molar-refractivity contribution >= 4 is 11.8 Å². The van der Waals surface area contributed by atoms with Crippen molar-refractivity contribution in [1.29, 1.82) is 0 Å². The Morgan fingerprint density at radius 2 is 2.22 bits per heavy atom. The summed E-state index contributed by atoms with van der Waals surface area (Å²) in [4.78, 5) is 3.64. The Kier molecular flexibility index (Phi) is 6.34. The summed E-state index contributed by atoms with van der Waals surface area (Å²) in [6.07, 6.45) is 5.70. The Morgan fingerprint density at radius 3 is 3.09 bits per heavy atom. The summed E-state index contributed by atoms with van der Waals surface area (Å²) in [5, 5.41) is 12.9. The molecule has 0 aliphatic carbocycles. The average Bonchev–Trinajstić information content (AvgIpc) is 3.02. The molecule has 128 valence electrons. The highest BCUT2D eigenvalue weighted by molar-refractivity contribution is 7.99. The first-order chi connectivity index (χ1) is 11.3. The topological polar surface area (TPSA) is 35.5 Å². The van der Waals surface area contributed by atoms with Crippen LogP contribution in [0.15, 0.2) is 23.1 Å². The maximum atomic E-state index is 13.5. The molecule has 3 rings (SSSR count). The van der Waals surface area contributed by atoms with E-state index in [0.29, 0.717) is 18.7 Å². The van der Waals surface area contributed by atoms with Crippen LogP contribution in [-0.4, -0.2) is 48.0 Å². The van der Waals surface area contributed by atoms with Crippen molar-refractivity contribution < 1.29 is 9.50 Å². The summed E-state index contributed by atoms with van der Waals surface area (Å²) in [6, 6.07) is 5.83. The van der Waals surface area contributed by atoms with Gasteiger partial charge >= 0.3 is 0 Å². The number of unbranched alkanes of at least 4 members (excludes halogenated alkanes) is 1. The number of aliphatic hydroxyl groups excluding tert-OH is 1. The van der Waals surface area contributed by atoms with Gasteiger partial charge in [-0.2, -0.15) is 0 Å². The van der Waals surface area contributed by atoms with Crippen LogP contribution in [0.1, 0.15) is 43.7 Å².